The lowest BCUT2D eigenvalue weighted by Gasteiger charge is -2.08. The van der Waals surface area contributed by atoms with E-state index in [0.717, 1.165) is 32.0 Å². The second-order valence-corrected chi connectivity index (χ2v) is 5.93. The molecule has 2 N–H and O–H groups in total. The maximum atomic E-state index is 4.49. The molecule has 0 aliphatic heterocycles. The predicted molar refractivity (Wildman–Crippen MR) is 95.3 cm³/mol. The lowest BCUT2D eigenvalue weighted by Crippen LogP contribution is -2.37. The molecule has 0 radical (unpaired) electrons. The average molecular weight is 444 g/mol. The van der Waals surface area contributed by atoms with E-state index in [0.29, 0.717) is 0 Å². The lowest BCUT2D eigenvalue weighted by molar-refractivity contribution is 0.854. The Balaban J connectivity index is 0.00000289. The molecule has 1 rings (SSSR count). The van der Waals surface area contributed by atoms with Crippen molar-refractivity contribution >= 4 is 57.2 Å². The summed E-state index contributed by atoms with van der Waals surface area (Å²) in [4.78, 5) is 5.84. The monoisotopic (exact) mass is 443 g/mol. The van der Waals surface area contributed by atoms with Gasteiger partial charge in [-0.15, -0.1) is 41.9 Å². The lowest BCUT2D eigenvalue weighted by atomic mass is 10.3. The zero-order chi connectivity index (χ0) is 12.5. The minimum absolute atomic E-state index is 0. The van der Waals surface area contributed by atoms with Gasteiger partial charge in [0.2, 0.25) is 0 Å². The maximum Gasteiger partial charge on any atom is 0.191 e. The van der Waals surface area contributed by atoms with E-state index in [1.807, 2.05) is 6.08 Å². The first-order valence-corrected chi connectivity index (χ1v) is 7.24. The summed E-state index contributed by atoms with van der Waals surface area (Å²) in [6, 6.07) is 4.21. The summed E-state index contributed by atoms with van der Waals surface area (Å²) >= 11 is 5.22. The largest absolute Gasteiger partial charge is 0.357 e. The minimum atomic E-state index is 0. The zero-order valence-electron chi connectivity index (χ0n) is 10.4. The molecule has 3 nitrogen and oxygen atoms in total. The van der Waals surface area contributed by atoms with E-state index in [4.69, 9.17) is 0 Å². The van der Waals surface area contributed by atoms with Gasteiger partial charge in [0.05, 0.1) is 3.79 Å². The molecule has 0 aliphatic rings. The second kappa shape index (κ2) is 10.8. The third-order valence-corrected chi connectivity index (χ3v) is 3.70. The predicted octanol–water partition coefficient (Wildman–Crippen LogP) is 3.41. The Morgan fingerprint density at radius 3 is 2.83 bits per heavy atom. The molecule has 0 aliphatic carbocycles. The molecule has 0 amide bonds. The van der Waals surface area contributed by atoms with Crippen molar-refractivity contribution in [2.75, 3.05) is 19.6 Å². The molecule has 1 aromatic heterocycles. The van der Waals surface area contributed by atoms with E-state index in [1.165, 1.54) is 8.66 Å². The Kier molecular flexibility index (Phi) is 10.8. The van der Waals surface area contributed by atoms with Gasteiger partial charge in [0.25, 0.3) is 0 Å². The first kappa shape index (κ1) is 17.9. The smallest absolute Gasteiger partial charge is 0.191 e. The van der Waals surface area contributed by atoms with Crippen molar-refractivity contribution in [2.24, 2.45) is 4.99 Å². The zero-order valence-corrected chi connectivity index (χ0v) is 15.1. The van der Waals surface area contributed by atoms with Gasteiger partial charge in [0.15, 0.2) is 5.96 Å². The summed E-state index contributed by atoms with van der Waals surface area (Å²) in [5.41, 5.74) is 0. The van der Waals surface area contributed by atoms with Gasteiger partial charge in [0, 0.05) is 30.9 Å². The van der Waals surface area contributed by atoms with Crippen molar-refractivity contribution in [1.29, 1.82) is 0 Å². The van der Waals surface area contributed by atoms with Crippen molar-refractivity contribution in [1.82, 2.24) is 10.6 Å². The van der Waals surface area contributed by atoms with E-state index in [2.05, 4.69) is 57.2 Å². The second-order valence-electron chi connectivity index (χ2n) is 3.39. The van der Waals surface area contributed by atoms with E-state index < -0.39 is 0 Å². The van der Waals surface area contributed by atoms with Gasteiger partial charge < -0.3 is 10.6 Å². The number of rotatable bonds is 6. The summed E-state index contributed by atoms with van der Waals surface area (Å²) in [6.07, 6.45) is 2.80. The van der Waals surface area contributed by atoms with Crippen LogP contribution in [0.25, 0.3) is 0 Å². The molecule has 1 aromatic rings. The first-order valence-electron chi connectivity index (χ1n) is 5.63. The van der Waals surface area contributed by atoms with Crippen LogP contribution in [0.5, 0.6) is 0 Å². The Labute approximate surface area is 138 Å². The number of guanidine groups is 1. The third kappa shape index (κ3) is 7.38. The van der Waals surface area contributed by atoms with Crippen molar-refractivity contribution in [2.45, 2.75) is 13.3 Å². The molecule has 0 spiro atoms. The number of aliphatic imine (C=N–C) groups is 1. The molecule has 0 atom stereocenters. The molecular formula is C12H19BrIN3S. The number of thiophene rings is 1. The highest BCUT2D eigenvalue weighted by Gasteiger charge is 1.98. The SMILES string of the molecule is C=CCNC(=NCCc1ccc(Br)s1)NCC.I. The third-order valence-electron chi connectivity index (χ3n) is 2.02. The van der Waals surface area contributed by atoms with Crippen LogP contribution >= 0.6 is 51.2 Å². The normalized spacial score (nSPS) is 10.7. The number of nitrogens with one attached hydrogen (secondary N) is 2. The van der Waals surface area contributed by atoms with Crippen LogP contribution in [0, 0.1) is 0 Å². The molecule has 0 bridgehead atoms. The van der Waals surface area contributed by atoms with Crippen LogP contribution in [0.3, 0.4) is 0 Å². The molecule has 102 valence electrons. The molecule has 0 saturated heterocycles. The molecule has 6 heteroatoms. The molecule has 0 unspecified atom stereocenters. The van der Waals surface area contributed by atoms with Gasteiger partial charge in [-0.25, -0.2) is 0 Å². The highest BCUT2D eigenvalue weighted by molar-refractivity contribution is 14.0. The Hall–Kier alpha value is -0.0800. The number of hydrogen-bond donors (Lipinski definition) is 2. The van der Waals surface area contributed by atoms with Gasteiger partial charge in [-0.2, -0.15) is 0 Å². The molecule has 0 fully saturated rings. The molecule has 18 heavy (non-hydrogen) atoms. The van der Waals surface area contributed by atoms with E-state index in [9.17, 15) is 0 Å². The van der Waals surface area contributed by atoms with Crippen LogP contribution in [-0.4, -0.2) is 25.6 Å². The Bertz CT molecular complexity index is 379. The molecule has 0 saturated carbocycles. The summed E-state index contributed by atoms with van der Waals surface area (Å²) in [6.45, 7) is 8.12. The van der Waals surface area contributed by atoms with Crippen LogP contribution in [0.1, 0.15) is 11.8 Å². The van der Waals surface area contributed by atoms with E-state index in [1.54, 1.807) is 11.3 Å². The van der Waals surface area contributed by atoms with Crippen molar-refractivity contribution in [3.8, 4) is 0 Å². The summed E-state index contributed by atoms with van der Waals surface area (Å²) < 4.78 is 1.17. The Morgan fingerprint density at radius 2 is 2.28 bits per heavy atom. The standard InChI is InChI=1S/C12H18BrN3S.HI/c1-3-8-15-12(14-4-2)16-9-7-10-5-6-11(13)17-10;/h3,5-6H,1,4,7-9H2,2H3,(H2,14,15,16);1H. The number of halogens is 2. The van der Waals surface area contributed by atoms with Gasteiger partial charge >= 0.3 is 0 Å². The molecule has 0 aromatic carbocycles. The summed E-state index contributed by atoms with van der Waals surface area (Å²) in [7, 11) is 0. The fourth-order valence-corrected chi connectivity index (χ4v) is 2.75. The highest BCUT2D eigenvalue weighted by Crippen LogP contribution is 2.22. The van der Waals surface area contributed by atoms with Gasteiger partial charge in [-0.05, 0) is 35.0 Å². The van der Waals surface area contributed by atoms with E-state index >= 15 is 0 Å². The topological polar surface area (TPSA) is 36.4 Å². The van der Waals surface area contributed by atoms with Crippen molar-refractivity contribution in [3.63, 3.8) is 0 Å². The first-order chi connectivity index (χ1) is 8.26. The minimum Gasteiger partial charge on any atom is -0.357 e. The fraction of sp³-hybridized carbons (Fsp3) is 0.417. The summed E-state index contributed by atoms with van der Waals surface area (Å²) in [5, 5.41) is 6.37. The van der Waals surface area contributed by atoms with Crippen LogP contribution in [0.15, 0.2) is 33.6 Å². The maximum absolute atomic E-state index is 4.49. The number of hydrogen-bond acceptors (Lipinski definition) is 2. The van der Waals surface area contributed by atoms with Crippen LogP contribution in [0.2, 0.25) is 0 Å². The van der Waals surface area contributed by atoms with E-state index in [-0.39, 0.29) is 24.0 Å². The van der Waals surface area contributed by atoms with Crippen LogP contribution < -0.4 is 10.6 Å². The van der Waals surface area contributed by atoms with Gasteiger partial charge in [-0.3, -0.25) is 4.99 Å². The van der Waals surface area contributed by atoms with Crippen molar-refractivity contribution in [3.05, 3.63) is 33.5 Å². The summed E-state index contributed by atoms with van der Waals surface area (Å²) in [5.74, 6) is 0.850. The van der Waals surface area contributed by atoms with Crippen LogP contribution in [0.4, 0.5) is 0 Å². The van der Waals surface area contributed by atoms with Crippen LogP contribution in [-0.2, 0) is 6.42 Å². The van der Waals surface area contributed by atoms with Gasteiger partial charge in [-0.1, -0.05) is 6.08 Å². The highest BCUT2D eigenvalue weighted by atomic mass is 127. The number of nitrogens with zero attached hydrogens (tertiary/aromatic N) is 1. The quantitative estimate of drug-likeness (QED) is 0.306. The van der Waals surface area contributed by atoms with Gasteiger partial charge in [0.1, 0.15) is 0 Å². The Morgan fingerprint density at radius 1 is 1.50 bits per heavy atom. The fourth-order valence-electron chi connectivity index (χ4n) is 1.27. The molecule has 1 heterocycles. The average Bonchev–Trinajstić information content (AvgIpc) is 2.72. The molecular weight excluding hydrogens is 425 g/mol. The van der Waals surface area contributed by atoms with Crippen molar-refractivity contribution < 1.29 is 0 Å².